The Bertz CT molecular complexity index is 1940. The Morgan fingerprint density at radius 1 is 0.553 bits per heavy atom. The second-order valence-corrected chi connectivity index (χ2v) is 12.3. The fraction of sp³-hybridized carbons (Fsp3) is 0.297. The lowest BCUT2D eigenvalue weighted by Gasteiger charge is -2.39. The molecular formula is C37H36O10. The highest BCUT2D eigenvalue weighted by atomic mass is 16.5. The molecule has 0 aromatic heterocycles. The van der Waals surface area contributed by atoms with Crippen LogP contribution in [0.2, 0.25) is 0 Å². The molecule has 0 spiro atoms. The summed E-state index contributed by atoms with van der Waals surface area (Å²) in [6.45, 7) is 3.23. The van der Waals surface area contributed by atoms with Crippen LogP contribution in [0, 0.1) is 0 Å². The molecule has 2 aliphatic carbocycles. The Labute approximate surface area is 271 Å². The van der Waals surface area contributed by atoms with E-state index < -0.39 is 35.6 Å². The monoisotopic (exact) mass is 640 g/mol. The van der Waals surface area contributed by atoms with Gasteiger partial charge in [0, 0.05) is 24.0 Å². The molecule has 0 bridgehead atoms. The molecule has 5 N–H and O–H groups in total. The van der Waals surface area contributed by atoms with Gasteiger partial charge in [-0.25, -0.2) is 0 Å². The van der Waals surface area contributed by atoms with Gasteiger partial charge in [-0.1, -0.05) is 12.1 Å². The lowest BCUT2D eigenvalue weighted by molar-refractivity contribution is 0.101. The van der Waals surface area contributed by atoms with Crippen molar-refractivity contribution in [1.29, 1.82) is 0 Å². The summed E-state index contributed by atoms with van der Waals surface area (Å²) in [5.41, 5.74) is 2.90. The average molecular weight is 641 g/mol. The standard InChI is InChI=1S/C37H36O10/c1-16(38)6-18-8-22-30(24-12-20(45-3)14-28(42)34(24)36(43)32(22)26(40)10-18)31-23-9-19(7-17(2)39)11-27(41)33(23)37(44)35-25(31)13-21(46-4)15-29(35)47-5/h8-17,30-31,38-42H,6-7H2,1-5H3/t16-,17-,30+,31+/m0/s1. The summed E-state index contributed by atoms with van der Waals surface area (Å²) in [5.74, 6) is -2.88. The number of methoxy groups -OCH3 is 3. The van der Waals surface area contributed by atoms with Crippen LogP contribution in [0.3, 0.4) is 0 Å². The number of ether oxygens (including phenoxy) is 3. The highest BCUT2D eigenvalue weighted by Crippen LogP contribution is 2.57. The van der Waals surface area contributed by atoms with Crippen LogP contribution in [0.1, 0.15) is 90.9 Å². The van der Waals surface area contributed by atoms with Crippen molar-refractivity contribution in [2.75, 3.05) is 21.3 Å². The minimum Gasteiger partial charge on any atom is -0.507 e. The third-order valence-corrected chi connectivity index (χ3v) is 8.98. The lowest BCUT2D eigenvalue weighted by Crippen LogP contribution is -2.30. The second kappa shape index (κ2) is 11.9. The predicted octanol–water partition coefficient (Wildman–Crippen LogP) is 4.73. The topological polar surface area (TPSA) is 163 Å². The van der Waals surface area contributed by atoms with Gasteiger partial charge in [0.15, 0.2) is 0 Å². The molecule has 0 radical (unpaired) electrons. The first-order valence-corrected chi connectivity index (χ1v) is 15.2. The molecule has 4 aromatic carbocycles. The highest BCUT2D eigenvalue weighted by Gasteiger charge is 2.46. The van der Waals surface area contributed by atoms with E-state index >= 15 is 0 Å². The lowest BCUT2D eigenvalue weighted by atomic mass is 9.63. The van der Waals surface area contributed by atoms with Gasteiger partial charge >= 0.3 is 0 Å². The zero-order chi connectivity index (χ0) is 33.9. The molecule has 0 saturated heterocycles. The van der Waals surface area contributed by atoms with Gasteiger partial charge in [0.1, 0.15) is 34.5 Å². The van der Waals surface area contributed by atoms with Crippen molar-refractivity contribution in [2.45, 2.75) is 50.7 Å². The smallest absolute Gasteiger partial charge is 0.201 e. The van der Waals surface area contributed by atoms with E-state index in [1.807, 2.05) is 0 Å². The largest absolute Gasteiger partial charge is 0.507 e. The number of hydrogen-bond donors (Lipinski definition) is 5. The number of aliphatic hydroxyl groups is 2. The van der Waals surface area contributed by atoms with Crippen molar-refractivity contribution >= 4 is 11.6 Å². The summed E-state index contributed by atoms with van der Waals surface area (Å²) < 4.78 is 16.8. The van der Waals surface area contributed by atoms with E-state index in [0.29, 0.717) is 39.1 Å². The number of phenols is 3. The van der Waals surface area contributed by atoms with E-state index in [9.17, 15) is 35.1 Å². The van der Waals surface area contributed by atoms with Crippen LogP contribution in [-0.2, 0) is 12.8 Å². The van der Waals surface area contributed by atoms with Crippen LogP contribution in [-0.4, -0.2) is 70.6 Å². The summed E-state index contributed by atoms with van der Waals surface area (Å²) in [6, 6.07) is 12.6. The summed E-state index contributed by atoms with van der Waals surface area (Å²) in [5, 5.41) is 54.6. The van der Waals surface area contributed by atoms with E-state index in [4.69, 9.17) is 14.2 Å². The number of aliphatic hydroxyl groups excluding tert-OH is 2. The van der Waals surface area contributed by atoms with Gasteiger partial charge in [-0.3, -0.25) is 9.59 Å². The van der Waals surface area contributed by atoms with E-state index in [2.05, 4.69) is 0 Å². The molecular weight excluding hydrogens is 604 g/mol. The van der Waals surface area contributed by atoms with Crippen molar-refractivity contribution in [2.24, 2.45) is 0 Å². The van der Waals surface area contributed by atoms with E-state index in [0.717, 1.165) is 0 Å². The first kappa shape index (κ1) is 31.9. The molecule has 0 unspecified atom stereocenters. The number of fused-ring (bicyclic) bond motifs is 4. The molecule has 2 aliphatic rings. The molecule has 0 fully saturated rings. The van der Waals surface area contributed by atoms with Crippen LogP contribution in [0.4, 0.5) is 0 Å². The van der Waals surface area contributed by atoms with Crippen LogP contribution >= 0.6 is 0 Å². The Balaban J connectivity index is 1.79. The Morgan fingerprint density at radius 2 is 0.936 bits per heavy atom. The van der Waals surface area contributed by atoms with Crippen LogP contribution < -0.4 is 14.2 Å². The summed E-state index contributed by atoms with van der Waals surface area (Å²) >= 11 is 0. The van der Waals surface area contributed by atoms with Gasteiger partial charge in [-0.15, -0.1) is 0 Å². The maximum absolute atomic E-state index is 14.3. The quantitative estimate of drug-likeness (QED) is 0.182. The van der Waals surface area contributed by atoms with Crippen LogP contribution in [0.15, 0.2) is 48.5 Å². The number of hydrogen-bond acceptors (Lipinski definition) is 10. The first-order valence-electron chi connectivity index (χ1n) is 15.2. The molecule has 6 rings (SSSR count). The number of phenolic OH excluding ortho intramolecular Hbond substituents is 3. The number of carbonyl (C=O) groups is 2. The molecule has 4 aromatic rings. The number of carbonyl (C=O) groups excluding carboxylic acids is 2. The SMILES string of the molecule is COc1cc(O)c2c(c1)[C@H]([C@@H]1c3cc(C[C@H](C)O)cc(O)c3C(=O)c3c(OC)cc(OC)cc31)c1cc(C[C@H](C)O)cc(O)c1C2=O. The van der Waals surface area contributed by atoms with Crippen molar-refractivity contribution in [1.82, 2.24) is 0 Å². The maximum atomic E-state index is 14.3. The van der Waals surface area contributed by atoms with Gasteiger partial charge < -0.3 is 39.7 Å². The zero-order valence-electron chi connectivity index (χ0n) is 26.6. The fourth-order valence-corrected chi connectivity index (χ4v) is 7.24. The molecule has 10 heteroatoms. The molecule has 4 atom stereocenters. The van der Waals surface area contributed by atoms with E-state index in [1.54, 1.807) is 44.2 Å². The van der Waals surface area contributed by atoms with Crippen LogP contribution in [0.5, 0.6) is 34.5 Å². The molecule has 10 nitrogen and oxygen atoms in total. The third-order valence-electron chi connectivity index (χ3n) is 8.98. The zero-order valence-corrected chi connectivity index (χ0v) is 26.6. The summed E-state index contributed by atoms with van der Waals surface area (Å²) in [7, 11) is 4.33. The molecule has 244 valence electrons. The minimum absolute atomic E-state index is 0.0248. The maximum Gasteiger partial charge on any atom is 0.201 e. The van der Waals surface area contributed by atoms with Crippen molar-refractivity contribution in [3.8, 4) is 34.5 Å². The second-order valence-electron chi connectivity index (χ2n) is 12.3. The molecule has 0 saturated carbocycles. The van der Waals surface area contributed by atoms with E-state index in [1.165, 1.54) is 39.5 Å². The molecule has 47 heavy (non-hydrogen) atoms. The van der Waals surface area contributed by atoms with Gasteiger partial charge in [0.05, 0.1) is 55.8 Å². The first-order chi connectivity index (χ1) is 22.4. The molecule has 0 heterocycles. The Hall–Kier alpha value is -5.06. The van der Waals surface area contributed by atoms with Crippen molar-refractivity contribution in [3.63, 3.8) is 0 Å². The Morgan fingerprint density at radius 3 is 1.36 bits per heavy atom. The number of benzene rings is 4. The Kier molecular flexibility index (Phi) is 8.11. The number of ketones is 2. The summed E-state index contributed by atoms with van der Waals surface area (Å²) in [4.78, 5) is 28.4. The average Bonchev–Trinajstić information content (AvgIpc) is 3.00. The van der Waals surface area contributed by atoms with Gasteiger partial charge in [-0.2, -0.15) is 0 Å². The van der Waals surface area contributed by atoms with Gasteiger partial charge in [-0.05, 0) is 84.3 Å². The van der Waals surface area contributed by atoms with Gasteiger partial charge in [0.2, 0.25) is 11.6 Å². The molecule has 0 aliphatic heterocycles. The molecule has 0 amide bonds. The highest BCUT2D eigenvalue weighted by molar-refractivity contribution is 6.18. The number of rotatable bonds is 8. The van der Waals surface area contributed by atoms with Crippen molar-refractivity contribution in [3.05, 3.63) is 104 Å². The number of aromatic hydroxyl groups is 3. The van der Waals surface area contributed by atoms with Crippen LogP contribution in [0.25, 0.3) is 0 Å². The van der Waals surface area contributed by atoms with Gasteiger partial charge in [0.25, 0.3) is 0 Å². The normalized spacial score (nSPS) is 17.6. The van der Waals surface area contributed by atoms with E-state index in [-0.39, 0.29) is 63.8 Å². The minimum atomic E-state index is -0.859. The fourth-order valence-electron chi connectivity index (χ4n) is 7.24. The predicted molar refractivity (Wildman–Crippen MR) is 172 cm³/mol. The summed E-state index contributed by atoms with van der Waals surface area (Å²) in [6.07, 6.45) is -1.16. The third kappa shape index (κ3) is 5.23. The van der Waals surface area contributed by atoms with Crippen molar-refractivity contribution < 1.29 is 49.3 Å².